The summed E-state index contributed by atoms with van der Waals surface area (Å²) in [5.74, 6) is 0. The van der Waals surface area contributed by atoms with Crippen molar-refractivity contribution in [3.05, 3.63) is 18.5 Å². The highest BCUT2D eigenvalue weighted by atomic mass is 16.7. The van der Waals surface area contributed by atoms with Crippen LogP contribution in [0.1, 0.15) is 27.7 Å². The molecule has 2 rings (SSSR count). The molecule has 0 saturated heterocycles. The third kappa shape index (κ3) is 3.19. The number of nitrogens with zero attached hydrogens (tertiary/aromatic N) is 4. The van der Waals surface area contributed by atoms with Crippen LogP contribution in [0, 0.1) is 0 Å². The molecule has 0 N–H and O–H groups in total. The van der Waals surface area contributed by atoms with Crippen molar-refractivity contribution in [2.24, 2.45) is 0 Å². The molecule has 5 heteroatoms. The Morgan fingerprint density at radius 3 is 2.47 bits per heavy atom. The molecule has 0 fully saturated rings. The monoisotopic (exact) mass is 210 g/mol. The van der Waals surface area contributed by atoms with E-state index in [0.717, 1.165) is 11.0 Å². The van der Waals surface area contributed by atoms with Crippen LogP contribution in [0.5, 0.6) is 0 Å². The van der Waals surface area contributed by atoms with Crippen LogP contribution in [0.2, 0.25) is 0 Å². The van der Waals surface area contributed by atoms with Gasteiger partial charge in [0.2, 0.25) is 0 Å². The highest BCUT2D eigenvalue weighted by Crippen LogP contribution is 2.05. The first kappa shape index (κ1) is 13.4. The summed E-state index contributed by atoms with van der Waals surface area (Å²) in [6, 6.07) is 1.79. The van der Waals surface area contributed by atoms with Crippen molar-refractivity contribution in [1.82, 2.24) is 20.1 Å². The number of hydrogen-bond acceptors (Lipinski definition) is 4. The van der Waals surface area contributed by atoms with E-state index in [1.54, 1.807) is 18.5 Å². The zero-order chi connectivity index (χ0) is 11.7. The third-order valence-corrected chi connectivity index (χ3v) is 1.39. The van der Waals surface area contributed by atoms with E-state index in [4.69, 9.17) is 4.84 Å². The lowest BCUT2D eigenvalue weighted by molar-refractivity contribution is 0.139. The van der Waals surface area contributed by atoms with Crippen LogP contribution in [-0.4, -0.2) is 27.3 Å². The number of aromatic nitrogens is 4. The minimum absolute atomic E-state index is 0.731. The second-order valence-electron chi connectivity index (χ2n) is 2.01. The van der Waals surface area contributed by atoms with E-state index in [9.17, 15) is 0 Å². The number of hydrogen-bond donors (Lipinski definition) is 0. The van der Waals surface area contributed by atoms with E-state index in [2.05, 4.69) is 15.3 Å². The average molecular weight is 210 g/mol. The fourth-order valence-electron chi connectivity index (χ4n) is 0.889. The lowest BCUT2D eigenvalue weighted by Gasteiger charge is -1.95. The lowest BCUT2D eigenvalue weighted by Crippen LogP contribution is -2.06. The second-order valence-corrected chi connectivity index (χ2v) is 2.01. The summed E-state index contributed by atoms with van der Waals surface area (Å²) < 4.78 is 0. The Kier molecular flexibility index (Phi) is 6.88. The standard InChI is InChI=1S/C6H6N4O.2C2H6/c1-11-10-6-2-3-7-4-5(6)8-9-10;2*1-2/h2-4H,1H3;2*1-2H3. The highest BCUT2D eigenvalue weighted by Gasteiger charge is 2.01. The van der Waals surface area contributed by atoms with Gasteiger partial charge in [0.25, 0.3) is 0 Å². The molecular weight excluding hydrogens is 192 g/mol. The summed E-state index contributed by atoms with van der Waals surface area (Å²) in [5, 5.41) is 7.53. The molecule has 0 bridgehead atoms. The fraction of sp³-hybridized carbons (Fsp3) is 0.500. The van der Waals surface area contributed by atoms with Gasteiger partial charge in [-0.15, -0.1) is 5.10 Å². The Balaban J connectivity index is 0.000000442. The summed E-state index contributed by atoms with van der Waals surface area (Å²) in [4.78, 5) is 10.1. The van der Waals surface area contributed by atoms with Gasteiger partial charge in [0, 0.05) is 6.20 Å². The quantitative estimate of drug-likeness (QED) is 0.721. The van der Waals surface area contributed by atoms with Gasteiger partial charge in [-0.1, -0.05) is 32.5 Å². The first-order valence-electron chi connectivity index (χ1n) is 5.12. The molecular formula is C10H18N4O. The summed E-state index contributed by atoms with van der Waals surface area (Å²) >= 11 is 0. The van der Waals surface area contributed by atoms with Crippen LogP contribution in [0.4, 0.5) is 0 Å². The zero-order valence-electron chi connectivity index (χ0n) is 9.93. The Labute approximate surface area is 90.0 Å². The summed E-state index contributed by atoms with van der Waals surface area (Å²) in [5.41, 5.74) is 1.55. The van der Waals surface area contributed by atoms with Gasteiger partial charge in [0.15, 0.2) is 0 Å². The van der Waals surface area contributed by atoms with Gasteiger partial charge in [0.05, 0.1) is 6.20 Å². The van der Waals surface area contributed by atoms with Gasteiger partial charge in [-0.2, -0.15) is 0 Å². The summed E-state index contributed by atoms with van der Waals surface area (Å²) in [6.07, 6.45) is 3.30. The fourth-order valence-corrected chi connectivity index (χ4v) is 0.889. The topological polar surface area (TPSA) is 52.8 Å². The van der Waals surface area contributed by atoms with Crippen molar-refractivity contribution in [3.63, 3.8) is 0 Å². The number of pyridine rings is 1. The molecule has 0 aliphatic rings. The van der Waals surface area contributed by atoms with Gasteiger partial charge >= 0.3 is 0 Å². The van der Waals surface area contributed by atoms with Crippen LogP contribution in [-0.2, 0) is 0 Å². The molecule has 2 aromatic heterocycles. The molecule has 0 saturated carbocycles. The molecule has 0 radical (unpaired) electrons. The SMILES string of the molecule is CC.CC.COn1nnc2cnccc21. The van der Waals surface area contributed by atoms with Gasteiger partial charge in [-0.25, -0.2) is 0 Å². The van der Waals surface area contributed by atoms with E-state index in [1.165, 1.54) is 12.0 Å². The molecule has 2 aromatic rings. The van der Waals surface area contributed by atoms with Crippen LogP contribution in [0.25, 0.3) is 11.0 Å². The lowest BCUT2D eigenvalue weighted by atomic mass is 10.4. The smallest absolute Gasteiger partial charge is 0.135 e. The molecule has 0 aliphatic heterocycles. The summed E-state index contributed by atoms with van der Waals surface area (Å²) in [7, 11) is 1.54. The van der Waals surface area contributed by atoms with E-state index in [0.29, 0.717) is 0 Å². The maximum atomic E-state index is 4.88. The Morgan fingerprint density at radius 1 is 1.20 bits per heavy atom. The molecule has 0 spiro atoms. The Hall–Kier alpha value is -1.65. The molecule has 15 heavy (non-hydrogen) atoms. The first-order valence-corrected chi connectivity index (χ1v) is 5.12. The van der Waals surface area contributed by atoms with Gasteiger partial charge in [0.1, 0.15) is 18.1 Å². The number of fused-ring (bicyclic) bond motifs is 1. The van der Waals surface area contributed by atoms with Gasteiger partial charge < -0.3 is 4.84 Å². The number of rotatable bonds is 1. The molecule has 2 heterocycles. The van der Waals surface area contributed by atoms with Gasteiger partial charge in [-0.3, -0.25) is 4.98 Å². The van der Waals surface area contributed by atoms with Crippen LogP contribution in [0.15, 0.2) is 18.5 Å². The van der Waals surface area contributed by atoms with Crippen LogP contribution >= 0.6 is 0 Å². The Bertz CT molecular complexity index is 372. The normalized spacial score (nSPS) is 8.33. The zero-order valence-corrected chi connectivity index (χ0v) is 9.93. The average Bonchev–Trinajstić information content (AvgIpc) is 2.77. The van der Waals surface area contributed by atoms with E-state index < -0.39 is 0 Å². The maximum absolute atomic E-state index is 4.88. The van der Waals surface area contributed by atoms with E-state index in [1.807, 2.05) is 27.7 Å². The predicted octanol–water partition coefficient (Wildman–Crippen LogP) is 1.94. The van der Waals surface area contributed by atoms with Crippen molar-refractivity contribution in [1.29, 1.82) is 0 Å². The molecule has 5 nitrogen and oxygen atoms in total. The predicted molar refractivity (Wildman–Crippen MR) is 60.5 cm³/mol. The largest absolute Gasteiger partial charge is 0.398 e. The molecule has 0 aromatic carbocycles. The van der Waals surface area contributed by atoms with Crippen LogP contribution < -0.4 is 4.84 Å². The van der Waals surface area contributed by atoms with Crippen molar-refractivity contribution in [2.45, 2.75) is 27.7 Å². The van der Waals surface area contributed by atoms with Crippen molar-refractivity contribution in [3.8, 4) is 0 Å². The van der Waals surface area contributed by atoms with Crippen LogP contribution in [0.3, 0.4) is 0 Å². The molecule has 0 amide bonds. The van der Waals surface area contributed by atoms with Crippen molar-refractivity contribution < 1.29 is 4.84 Å². The highest BCUT2D eigenvalue weighted by molar-refractivity contribution is 5.72. The summed E-state index contributed by atoms with van der Waals surface area (Å²) in [6.45, 7) is 8.00. The molecule has 84 valence electrons. The van der Waals surface area contributed by atoms with Gasteiger partial charge in [-0.05, 0) is 11.3 Å². The second kappa shape index (κ2) is 7.73. The van der Waals surface area contributed by atoms with E-state index >= 15 is 0 Å². The van der Waals surface area contributed by atoms with Crippen molar-refractivity contribution in [2.75, 3.05) is 7.11 Å². The molecule has 0 unspecified atom stereocenters. The third-order valence-electron chi connectivity index (χ3n) is 1.39. The molecule has 0 atom stereocenters. The minimum Gasteiger partial charge on any atom is -0.398 e. The minimum atomic E-state index is 0.731. The maximum Gasteiger partial charge on any atom is 0.135 e. The van der Waals surface area contributed by atoms with E-state index in [-0.39, 0.29) is 0 Å². The molecule has 0 aliphatic carbocycles. The Morgan fingerprint density at radius 2 is 1.87 bits per heavy atom. The first-order chi connectivity index (χ1) is 7.42. The van der Waals surface area contributed by atoms with Crippen molar-refractivity contribution >= 4 is 11.0 Å².